The van der Waals surface area contributed by atoms with Gasteiger partial charge in [0.25, 0.3) is 0 Å². The molecule has 88 valence electrons. The quantitative estimate of drug-likeness (QED) is 0.838. The van der Waals surface area contributed by atoms with E-state index in [1.54, 1.807) is 18.3 Å². The molecule has 1 unspecified atom stereocenters. The number of rotatable bonds is 4. The van der Waals surface area contributed by atoms with E-state index in [9.17, 15) is 4.79 Å². The molecule has 0 aliphatic carbocycles. The standard InChI is InChI=1S/C11H11N3O3/c1-7(14-10-4-5-12-6-13-10)8-2-3-9(17-8)11(15)16/h2-7H,1H3,(H,15,16)(H,12,13,14). The first-order chi connectivity index (χ1) is 8.16. The van der Waals surface area contributed by atoms with E-state index in [-0.39, 0.29) is 11.8 Å². The average Bonchev–Trinajstić information content (AvgIpc) is 2.79. The van der Waals surface area contributed by atoms with Gasteiger partial charge in [-0.15, -0.1) is 0 Å². The predicted octanol–water partition coefficient (Wildman–Crippen LogP) is 1.94. The van der Waals surface area contributed by atoms with Crippen LogP contribution in [0.3, 0.4) is 0 Å². The molecule has 0 bridgehead atoms. The lowest BCUT2D eigenvalue weighted by Gasteiger charge is -2.11. The first-order valence-electron chi connectivity index (χ1n) is 5.02. The number of aromatic carboxylic acids is 1. The minimum Gasteiger partial charge on any atom is -0.475 e. The first kappa shape index (κ1) is 11.1. The van der Waals surface area contributed by atoms with E-state index in [0.29, 0.717) is 11.6 Å². The highest BCUT2D eigenvalue weighted by molar-refractivity contribution is 5.84. The minimum atomic E-state index is -1.08. The molecule has 0 aromatic carbocycles. The monoisotopic (exact) mass is 233 g/mol. The molecule has 17 heavy (non-hydrogen) atoms. The highest BCUT2D eigenvalue weighted by Crippen LogP contribution is 2.19. The third-order valence-corrected chi connectivity index (χ3v) is 2.21. The second-order valence-electron chi connectivity index (χ2n) is 3.47. The van der Waals surface area contributed by atoms with Crippen molar-refractivity contribution in [3.63, 3.8) is 0 Å². The van der Waals surface area contributed by atoms with Gasteiger partial charge < -0.3 is 14.8 Å². The summed E-state index contributed by atoms with van der Waals surface area (Å²) in [6.45, 7) is 1.85. The number of anilines is 1. The van der Waals surface area contributed by atoms with E-state index < -0.39 is 5.97 Å². The van der Waals surface area contributed by atoms with Crippen molar-refractivity contribution in [3.8, 4) is 0 Å². The van der Waals surface area contributed by atoms with Gasteiger partial charge in [0.05, 0.1) is 6.04 Å². The van der Waals surface area contributed by atoms with E-state index in [2.05, 4.69) is 15.3 Å². The number of nitrogens with one attached hydrogen (secondary N) is 1. The third-order valence-electron chi connectivity index (χ3n) is 2.21. The molecular formula is C11H11N3O3. The molecule has 6 nitrogen and oxygen atoms in total. The fraction of sp³-hybridized carbons (Fsp3) is 0.182. The zero-order valence-corrected chi connectivity index (χ0v) is 9.12. The van der Waals surface area contributed by atoms with Gasteiger partial charge in [0.1, 0.15) is 17.9 Å². The lowest BCUT2D eigenvalue weighted by Crippen LogP contribution is -2.07. The Morgan fingerprint density at radius 1 is 1.47 bits per heavy atom. The second-order valence-corrected chi connectivity index (χ2v) is 3.47. The number of carbonyl (C=O) groups is 1. The van der Waals surface area contributed by atoms with Crippen LogP contribution in [0.15, 0.2) is 35.1 Å². The summed E-state index contributed by atoms with van der Waals surface area (Å²) < 4.78 is 5.17. The van der Waals surface area contributed by atoms with Gasteiger partial charge in [-0.2, -0.15) is 0 Å². The molecule has 0 fully saturated rings. The van der Waals surface area contributed by atoms with Crippen molar-refractivity contribution in [3.05, 3.63) is 42.2 Å². The molecule has 2 aromatic heterocycles. The summed E-state index contributed by atoms with van der Waals surface area (Å²) >= 11 is 0. The predicted molar refractivity (Wildman–Crippen MR) is 59.7 cm³/mol. The van der Waals surface area contributed by atoms with Crippen molar-refractivity contribution in [1.82, 2.24) is 9.97 Å². The summed E-state index contributed by atoms with van der Waals surface area (Å²) in [4.78, 5) is 18.5. The van der Waals surface area contributed by atoms with Crippen molar-refractivity contribution in [2.75, 3.05) is 5.32 Å². The van der Waals surface area contributed by atoms with Gasteiger partial charge in [-0.3, -0.25) is 0 Å². The SMILES string of the molecule is CC(Nc1ccncn1)c1ccc(C(=O)O)o1. The zero-order valence-electron chi connectivity index (χ0n) is 9.12. The van der Waals surface area contributed by atoms with Gasteiger partial charge in [-0.05, 0) is 25.1 Å². The summed E-state index contributed by atoms with van der Waals surface area (Å²) in [7, 11) is 0. The lowest BCUT2D eigenvalue weighted by molar-refractivity contribution is 0.0660. The molecule has 1 atom stereocenters. The topological polar surface area (TPSA) is 88.2 Å². The van der Waals surface area contributed by atoms with Gasteiger partial charge >= 0.3 is 5.97 Å². The smallest absolute Gasteiger partial charge is 0.371 e. The number of aromatic nitrogens is 2. The zero-order chi connectivity index (χ0) is 12.3. The Morgan fingerprint density at radius 3 is 2.88 bits per heavy atom. The van der Waals surface area contributed by atoms with Crippen LogP contribution in [-0.2, 0) is 0 Å². The van der Waals surface area contributed by atoms with Gasteiger partial charge in [0, 0.05) is 6.20 Å². The molecule has 0 saturated carbocycles. The van der Waals surface area contributed by atoms with Gasteiger partial charge in [0.2, 0.25) is 5.76 Å². The Kier molecular flexibility index (Phi) is 3.04. The van der Waals surface area contributed by atoms with Crippen molar-refractivity contribution in [2.45, 2.75) is 13.0 Å². The molecule has 2 rings (SSSR count). The van der Waals surface area contributed by atoms with Crippen molar-refractivity contribution < 1.29 is 14.3 Å². The van der Waals surface area contributed by atoms with Crippen LogP contribution in [0.5, 0.6) is 0 Å². The Bertz CT molecular complexity index is 510. The molecule has 0 radical (unpaired) electrons. The van der Waals surface area contributed by atoms with E-state index in [0.717, 1.165) is 0 Å². The molecular weight excluding hydrogens is 222 g/mol. The molecule has 6 heteroatoms. The number of carboxylic acids is 1. The highest BCUT2D eigenvalue weighted by atomic mass is 16.4. The van der Waals surface area contributed by atoms with Gasteiger partial charge in [-0.1, -0.05) is 0 Å². The lowest BCUT2D eigenvalue weighted by atomic mass is 10.2. The maximum atomic E-state index is 10.7. The third kappa shape index (κ3) is 2.60. The van der Waals surface area contributed by atoms with Crippen molar-refractivity contribution in [2.24, 2.45) is 0 Å². The summed E-state index contributed by atoms with van der Waals surface area (Å²) in [6.07, 6.45) is 3.05. The number of hydrogen-bond acceptors (Lipinski definition) is 5. The minimum absolute atomic E-state index is 0.0728. The van der Waals surface area contributed by atoms with Crippen LogP contribution in [0.25, 0.3) is 0 Å². The molecule has 0 spiro atoms. The van der Waals surface area contributed by atoms with Crippen molar-refractivity contribution >= 4 is 11.8 Å². The molecule has 2 aromatic rings. The number of hydrogen-bond donors (Lipinski definition) is 2. The van der Waals surface area contributed by atoms with Crippen molar-refractivity contribution in [1.29, 1.82) is 0 Å². The summed E-state index contributed by atoms with van der Waals surface area (Å²) in [6, 6.07) is 4.60. The molecule has 2 heterocycles. The number of nitrogens with zero attached hydrogens (tertiary/aromatic N) is 2. The normalized spacial score (nSPS) is 12.1. The Morgan fingerprint density at radius 2 is 2.29 bits per heavy atom. The number of carboxylic acid groups (broad SMARTS) is 1. The van der Waals surface area contributed by atoms with Gasteiger partial charge in [0.15, 0.2) is 0 Å². The van der Waals surface area contributed by atoms with E-state index >= 15 is 0 Å². The van der Waals surface area contributed by atoms with Crippen LogP contribution >= 0.6 is 0 Å². The maximum Gasteiger partial charge on any atom is 0.371 e. The highest BCUT2D eigenvalue weighted by Gasteiger charge is 2.14. The van der Waals surface area contributed by atoms with Crippen LogP contribution in [0.2, 0.25) is 0 Å². The fourth-order valence-electron chi connectivity index (χ4n) is 1.37. The summed E-state index contributed by atoms with van der Waals surface area (Å²) in [5.41, 5.74) is 0. The largest absolute Gasteiger partial charge is 0.475 e. The Labute approximate surface area is 97.3 Å². The number of furan rings is 1. The fourth-order valence-corrected chi connectivity index (χ4v) is 1.37. The van der Waals surface area contributed by atoms with Crippen LogP contribution in [0.4, 0.5) is 5.82 Å². The molecule has 0 aliphatic rings. The van der Waals surface area contributed by atoms with Crippen LogP contribution in [0.1, 0.15) is 29.3 Å². The van der Waals surface area contributed by atoms with E-state index in [4.69, 9.17) is 9.52 Å². The molecule has 0 saturated heterocycles. The van der Waals surface area contributed by atoms with Gasteiger partial charge in [-0.25, -0.2) is 14.8 Å². The molecule has 2 N–H and O–H groups in total. The maximum absolute atomic E-state index is 10.7. The Balaban J connectivity index is 2.09. The van der Waals surface area contributed by atoms with E-state index in [1.807, 2.05) is 6.92 Å². The second kappa shape index (κ2) is 4.65. The van der Waals surface area contributed by atoms with E-state index in [1.165, 1.54) is 12.4 Å². The average molecular weight is 233 g/mol. The Hall–Kier alpha value is -2.37. The first-order valence-corrected chi connectivity index (χ1v) is 5.02. The van der Waals surface area contributed by atoms with Crippen LogP contribution < -0.4 is 5.32 Å². The molecule has 0 aliphatic heterocycles. The summed E-state index contributed by atoms with van der Waals surface area (Å²) in [5.74, 6) is 0.0450. The van der Waals surface area contributed by atoms with Crippen LogP contribution in [0, 0.1) is 0 Å². The van der Waals surface area contributed by atoms with Crippen LogP contribution in [-0.4, -0.2) is 21.0 Å². The molecule has 0 amide bonds. The summed E-state index contributed by atoms with van der Waals surface area (Å²) in [5, 5.41) is 11.8.